The highest BCUT2D eigenvalue weighted by atomic mass is 15.0. The van der Waals surface area contributed by atoms with E-state index in [1.54, 1.807) is 6.20 Å². The molecular weight excluding hydrogens is 212 g/mol. The van der Waals surface area contributed by atoms with Gasteiger partial charge in [-0.1, -0.05) is 23.8 Å². The van der Waals surface area contributed by atoms with Crippen molar-refractivity contribution in [2.24, 2.45) is 0 Å². The van der Waals surface area contributed by atoms with Crippen LogP contribution in [0.3, 0.4) is 0 Å². The molecule has 0 amide bonds. The molecule has 1 aromatic heterocycles. The van der Waals surface area contributed by atoms with Crippen LogP contribution in [0, 0.1) is 13.8 Å². The number of aromatic nitrogens is 2. The summed E-state index contributed by atoms with van der Waals surface area (Å²) < 4.78 is 0. The van der Waals surface area contributed by atoms with Crippen molar-refractivity contribution in [1.29, 1.82) is 0 Å². The first-order valence-corrected chi connectivity index (χ1v) is 5.52. The molecule has 2 rings (SSSR count). The zero-order valence-electron chi connectivity index (χ0n) is 10.1. The van der Waals surface area contributed by atoms with Gasteiger partial charge >= 0.3 is 0 Å². The van der Waals surface area contributed by atoms with E-state index in [0.29, 0.717) is 18.1 Å². The molecule has 17 heavy (non-hydrogen) atoms. The van der Waals surface area contributed by atoms with Gasteiger partial charge < -0.3 is 11.1 Å². The number of hydrogen-bond acceptors (Lipinski definition) is 4. The number of anilines is 2. The molecular formula is C13H16N4. The van der Waals surface area contributed by atoms with Gasteiger partial charge in [-0.25, -0.2) is 9.97 Å². The van der Waals surface area contributed by atoms with Crippen LogP contribution in [-0.2, 0) is 6.54 Å². The molecule has 2 aromatic rings. The van der Waals surface area contributed by atoms with Gasteiger partial charge in [0, 0.05) is 6.54 Å². The number of nitrogens with two attached hydrogens (primary N) is 1. The maximum Gasteiger partial charge on any atom is 0.152 e. The van der Waals surface area contributed by atoms with E-state index in [0.717, 1.165) is 0 Å². The predicted molar refractivity (Wildman–Crippen MR) is 69.7 cm³/mol. The fraction of sp³-hybridized carbons (Fsp3) is 0.231. The van der Waals surface area contributed by atoms with Gasteiger partial charge in [0.25, 0.3) is 0 Å². The minimum atomic E-state index is 0.567. The Bertz CT molecular complexity index is 523. The van der Waals surface area contributed by atoms with Crippen molar-refractivity contribution in [3.63, 3.8) is 0 Å². The molecule has 1 heterocycles. The second-order valence-corrected chi connectivity index (χ2v) is 4.11. The van der Waals surface area contributed by atoms with Crippen LogP contribution in [0.5, 0.6) is 0 Å². The zero-order chi connectivity index (χ0) is 12.3. The molecule has 0 aliphatic rings. The summed E-state index contributed by atoms with van der Waals surface area (Å²) in [5.74, 6) is 0.681. The van der Waals surface area contributed by atoms with Gasteiger partial charge in [0.2, 0.25) is 0 Å². The number of rotatable bonds is 3. The van der Waals surface area contributed by atoms with E-state index in [4.69, 9.17) is 5.73 Å². The molecule has 0 aliphatic carbocycles. The summed E-state index contributed by atoms with van der Waals surface area (Å²) in [4.78, 5) is 7.95. The van der Waals surface area contributed by atoms with E-state index in [1.807, 2.05) is 0 Å². The van der Waals surface area contributed by atoms with Crippen LogP contribution in [-0.4, -0.2) is 9.97 Å². The second-order valence-electron chi connectivity index (χ2n) is 4.11. The van der Waals surface area contributed by atoms with Crippen LogP contribution < -0.4 is 11.1 Å². The summed E-state index contributed by atoms with van der Waals surface area (Å²) >= 11 is 0. The van der Waals surface area contributed by atoms with Crippen LogP contribution in [0.2, 0.25) is 0 Å². The number of nitrogens with one attached hydrogen (secondary N) is 1. The van der Waals surface area contributed by atoms with Crippen LogP contribution in [0.25, 0.3) is 0 Å². The number of nitrogens with zero attached hydrogens (tertiary/aromatic N) is 2. The van der Waals surface area contributed by atoms with Crippen molar-refractivity contribution in [2.45, 2.75) is 20.4 Å². The lowest BCUT2D eigenvalue weighted by molar-refractivity contribution is 1.07. The van der Waals surface area contributed by atoms with Gasteiger partial charge in [0.1, 0.15) is 6.33 Å². The molecule has 0 aliphatic heterocycles. The van der Waals surface area contributed by atoms with Crippen molar-refractivity contribution in [1.82, 2.24) is 9.97 Å². The van der Waals surface area contributed by atoms with Gasteiger partial charge in [-0.3, -0.25) is 0 Å². The molecule has 0 bridgehead atoms. The monoisotopic (exact) mass is 228 g/mol. The Labute approximate surface area is 101 Å². The fourth-order valence-electron chi connectivity index (χ4n) is 1.71. The third-order valence-electron chi connectivity index (χ3n) is 2.68. The quantitative estimate of drug-likeness (QED) is 0.846. The Hall–Kier alpha value is -2.10. The molecule has 4 nitrogen and oxygen atoms in total. The molecule has 3 N–H and O–H groups in total. The van der Waals surface area contributed by atoms with E-state index in [2.05, 4.69) is 47.3 Å². The normalized spacial score (nSPS) is 10.2. The van der Waals surface area contributed by atoms with E-state index in [1.165, 1.54) is 23.0 Å². The molecule has 0 saturated carbocycles. The number of hydrogen-bond donors (Lipinski definition) is 2. The number of benzene rings is 1. The lowest BCUT2D eigenvalue weighted by Crippen LogP contribution is -2.06. The largest absolute Gasteiger partial charge is 0.394 e. The Morgan fingerprint density at radius 2 is 2.12 bits per heavy atom. The van der Waals surface area contributed by atoms with E-state index in [-0.39, 0.29) is 0 Å². The highest BCUT2D eigenvalue weighted by Gasteiger charge is 2.02. The maximum atomic E-state index is 5.76. The molecule has 0 fully saturated rings. The Morgan fingerprint density at radius 1 is 1.29 bits per heavy atom. The first-order chi connectivity index (χ1) is 8.16. The third kappa shape index (κ3) is 2.72. The van der Waals surface area contributed by atoms with Crippen LogP contribution in [0.1, 0.15) is 16.7 Å². The zero-order valence-corrected chi connectivity index (χ0v) is 10.1. The summed E-state index contributed by atoms with van der Waals surface area (Å²) in [5.41, 5.74) is 10.1. The molecule has 0 radical (unpaired) electrons. The summed E-state index contributed by atoms with van der Waals surface area (Å²) in [7, 11) is 0. The summed E-state index contributed by atoms with van der Waals surface area (Å²) in [6.45, 7) is 4.91. The molecule has 0 spiro atoms. The molecule has 88 valence electrons. The maximum absolute atomic E-state index is 5.76. The van der Waals surface area contributed by atoms with E-state index in [9.17, 15) is 0 Å². The highest BCUT2D eigenvalue weighted by Crippen LogP contribution is 2.15. The third-order valence-corrected chi connectivity index (χ3v) is 2.68. The van der Waals surface area contributed by atoms with Crippen molar-refractivity contribution >= 4 is 11.5 Å². The van der Waals surface area contributed by atoms with Gasteiger partial charge in [-0.05, 0) is 25.0 Å². The Morgan fingerprint density at radius 3 is 2.82 bits per heavy atom. The number of aryl methyl sites for hydroxylation is 2. The van der Waals surface area contributed by atoms with Crippen molar-refractivity contribution < 1.29 is 0 Å². The van der Waals surface area contributed by atoms with Crippen LogP contribution in [0.4, 0.5) is 11.5 Å². The van der Waals surface area contributed by atoms with E-state index < -0.39 is 0 Å². The SMILES string of the molecule is Cc1ccc(CNc2ncncc2N)c(C)c1. The van der Waals surface area contributed by atoms with Crippen LogP contribution in [0.15, 0.2) is 30.7 Å². The standard InChI is InChI=1S/C13H16N4/c1-9-3-4-11(10(2)5-9)6-16-13-12(14)7-15-8-17-13/h3-5,7-8H,6,14H2,1-2H3,(H,15,16,17). The average molecular weight is 228 g/mol. The predicted octanol–water partition coefficient (Wildman–Crippen LogP) is 2.29. The van der Waals surface area contributed by atoms with E-state index >= 15 is 0 Å². The van der Waals surface area contributed by atoms with Gasteiger partial charge in [0.05, 0.1) is 11.9 Å². The fourth-order valence-corrected chi connectivity index (χ4v) is 1.71. The first-order valence-electron chi connectivity index (χ1n) is 5.52. The smallest absolute Gasteiger partial charge is 0.152 e. The summed E-state index contributed by atoms with van der Waals surface area (Å²) in [6, 6.07) is 6.39. The van der Waals surface area contributed by atoms with Crippen LogP contribution >= 0.6 is 0 Å². The molecule has 0 saturated heterocycles. The average Bonchev–Trinajstić information content (AvgIpc) is 2.30. The van der Waals surface area contributed by atoms with Crippen molar-refractivity contribution in [2.75, 3.05) is 11.1 Å². The van der Waals surface area contributed by atoms with Gasteiger partial charge in [-0.2, -0.15) is 0 Å². The summed E-state index contributed by atoms with van der Waals surface area (Å²) in [6.07, 6.45) is 3.08. The first kappa shape index (κ1) is 11.4. The lowest BCUT2D eigenvalue weighted by Gasteiger charge is -2.10. The van der Waals surface area contributed by atoms with Crippen molar-refractivity contribution in [3.05, 3.63) is 47.4 Å². The molecule has 0 atom stereocenters. The number of nitrogen functional groups attached to an aromatic ring is 1. The topological polar surface area (TPSA) is 63.8 Å². The van der Waals surface area contributed by atoms with Crippen molar-refractivity contribution in [3.8, 4) is 0 Å². The molecule has 1 aromatic carbocycles. The second kappa shape index (κ2) is 4.82. The highest BCUT2D eigenvalue weighted by molar-refractivity contribution is 5.59. The Kier molecular flexibility index (Phi) is 3.23. The minimum absolute atomic E-state index is 0.567. The van der Waals surface area contributed by atoms with Gasteiger partial charge in [-0.15, -0.1) is 0 Å². The minimum Gasteiger partial charge on any atom is -0.394 e. The lowest BCUT2D eigenvalue weighted by atomic mass is 10.1. The molecule has 0 unspecified atom stereocenters. The summed E-state index contributed by atoms with van der Waals surface area (Å²) in [5, 5.41) is 3.21. The van der Waals surface area contributed by atoms with Gasteiger partial charge in [0.15, 0.2) is 5.82 Å². The Balaban J connectivity index is 2.10. The molecule has 4 heteroatoms.